The highest BCUT2D eigenvalue weighted by Gasteiger charge is 2.26. The number of ether oxygens (including phenoxy) is 1. The van der Waals surface area contributed by atoms with E-state index < -0.39 is 0 Å². The van der Waals surface area contributed by atoms with Crippen LogP contribution in [0, 0.1) is 5.82 Å². The first-order chi connectivity index (χ1) is 15.1. The van der Waals surface area contributed by atoms with Gasteiger partial charge in [-0.05, 0) is 76.0 Å². The van der Waals surface area contributed by atoms with E-state index in [1.54, 1.807) is 36.3 Å². The van der Waals surface area contributed by atoms with Gasteiger partial charge in [-0.25, -0.2) is 4.39 Å². The molecule has 154 valence electrons. The minimum Gasteiger partial charge on any atom is -0.494 e. The van der Waals surface area contributed by atoms with E-state index in [9.17, 15) is 9.18 Å². The summed E-state index contributed by atoms with van der Waals surface area (Å²) in [6.45, 7) is 0.576. The van der Waals surface area contributed by atoms with Crippen LogP contribution >= 0.6 is 0 Å². The van der Waals surface area contributed by atoms with E-state index in [-0.39, 0.29) is 11.7 Å². The molecule has 0 fully saturated rings. The summed E-state index contributed by atoms with van der Waals surface area (Å²) in [6.07, 6.45) is 2.19. The number of carbonyl (C=O) groups is 1. The molecule has 1 aliphatic heterocycles. The summed E-state index contributed by atoms with van der Waals surface area (Å²) in [4.78, 5) is 15.1. The molecule has 8 heteroatoms. The third-order valence-corrected chi connectivity index (χ3v) is 5.40. The summed E-state index contributed by atoms with van der Waals surface area (Å²) in [6, 6.07) is 17.6. The van der Waals surface area contributed by atoms with Crippen LogP contribution in [0.5, 0.6) is 5.75 Å². The van der Waals surface area contributed by atoms with Crippen molar-refractivity contribution in [3.8, 4) is 22.6 Å². The molecule has 0 aliphatic carbocycles. The van der Waals surface area contributed by atoms with Crippen molar-refractivity contribution in [1.82, 2.24) is 20.2 Å². The maximum Gasteiger partial charge on any atom is 0.258 e. The van der Waals surface area contributed by atoms with Gasteiger partial charge in [0.05, 0.1) is 7.11 Å². The van der Waals surface area contributed by atoms with Crippen molar-refractivity contribution in [2.45, 2.75) is 6.42 Å². The van der Waals surface area contributed by atoms with Crippen LogP contribution in [0.3, 0.4) is 0 Å². The van der Waals surface area contributed by atoms with Crippen LogP contribution in [0.15, 0.2) is 67.0 Å². The summed E-state index contributed by atoms with van der Waals surface area (Å²) < 4.78 is 20.4. The van der Waals surface area contributed by atoms with Crippen molar-refractivity contribution in [2.75, 3.05) is 18.6 Å². The van der Waals surface area contributed by atoms with Gasteiger partial charge in [-0.3, -0.25) is 4.79 Å². The van der Waals surface area contributed by atoms with Gasteiger partial charge in [-0.1, -0.05) is 18.2 Å². The summed E-state index contributed by atoms with van der Waals surface area (Å²) in [5, 5.41) is 11.2. The molecule has 7 nitrogen and oxygen atoms in total. The fourth-order valence-corrected chi connectivity index (χ4v) is 3.89. The third-order valence-electron chi connectivity index (χ3n) is 5.40. The van der Waals surface area contributed by atoms with Crippen molar-refractivity contribution in [1.29, 1.82) is 0 Å². The lowest BCUT2D eigenvalue weighted by molar-refractivity contribution is 0.0989. The number of anilines is 1. The highest BCUT2D eigenvalue weighted by atomic mass is 19.1. The number of fused-ring (bicyclic) bond motifs is 1. The smallest absolute Gasteiger partial charge is 0.258 e. The molecule has 1 aliphatic rings. The third kappa shape index (κ3) is 3.42. The van der Waals surface area contributed by atoms with Crippen LogP contribution in [0.2, 0.25) is 0 Å². The second kappa shape index (κ2) is 7.64. The summed E-state index contributed by atoms with van der Waals surface area (Å²) in [5.41, 5.74) is 4.76. The fourth-order valence-electron chi connectivity index (χ4n) is 3.89. The largest absolute Gasteiger partial charge is 0.494 e. The molecule has 4 aromatic rings. The Labute approximate surface area is 177 Å². The van der Waals surface area contributed by atoms with Gasteiger partial charge in [0.2, 0.25) is 0 Å². The Hall–Kier alpha value is -4.07. The summed E-state index contributed by atoms with van der Waals surface area (Å²) in [5.74, 6) is 0.173. The maximum atomic E-state index is 13.6. The first-order valence-corrected chi connectivity index (χ1v) is 9.76. The lowest BCUT2D eigenvalue weighted by atomic mass is 10.0. The molecule has 1 amide bonds. The molecule has 31 heavy (non-hydrogen) atoms. The maximum absolute atomic E-state index is 13.6. The molecule has 0 saturated heterocycles. The number of methoxy groups -OCH3 is 1. The second-order valence-corrected chi connectivity index (χ2v) is 7.20. The SMILES string of the molecule is COc1ccc(C(=O)N2CCc3cc(-c4cccc(F)c4)ccc32)cc1-n1cnnn1. The van der Waals surface area contributed by atoms with E-state index in [2.05, 4.69) is 15.5 Å². The molecule has 0 radical (unpaired) electrons. The molecule has 0 saturated carbocycles. The van der Waals surface area contributed by atoms with Crippen molar-refractivity contribution in [3.63, 3.8) is 0 Å². The average molecular weight is 415 g/mol. The van der Waals surface area contributed by atoms with Crippen molar-refractivity contribution < 1.29 is 13.9 Å². The van der Waals surface area contributed by atoms with Crippen LogP contribution in [0.4, 0.5) is 10.1 Å². The first kappa shape index (κ1) is 18.9. The number of halogens is 1. The zero-order valence-corrected chi connectivity index (χ0v) is 16.7. The molecule has 2 heterocycles. The molecule has 0 unspecified atom stereocenters. The highest BCUT2D eigenvalue weighted by molar-refractivity contribution is 6.07. The standard InChI is InChI=1S/C23H18FN5O2/c1-31-22-8-6-18(13-21(22)29-14-25-26-27-29)23(30)28-10-9-17-11-16(5-7-20(17)28)15-3-2-4-19(24)12-15/h2-8,11-14H,9-10H2,1H3. The lowest BCUT2D eigenvalue weighted by Gasteiger charge is -2.19. The van der Waals surface area contributed by atoms with Crippen LogP contribution in [-0.2, 0) is 6.42 Å². The topological polar surface area (TPSA) is 73.1 Å². The molecule has 0 N–H and O–H groups in total. The zero-order chi connectivity index (χ0) is 21.4. The van der Waals surface area contributed by atoms with Gasteiger partial charge in [0.25, 0.3) is 5.91 Å². The first-order valence-electron chi connectivity index (χ1n) is 9.76. The predicted octanol–water partition coefficient (Wildman–Crippen LogP) is 3.68. The van der Waals surface area contributed by atoms with E-state index >= 15 is 0 Å². The number of tetrazole rings is 1. The van der Waals surface area contributed by atoms with Crippen LogP contribution in [0.25, 0.3) is 16.8 Å². The molecular weight excluding hydrogens is 397 g/mol. The molecule has 0 bridgehead atoms. The van der Waals surface area contributed by atoms with E-state index in [1.807, 2.05) is 24.3 Å². The summed E-state index contributed by atoms with van der Waals surface area (Å²) in [7, 11) is 1.55. The number of rotatable bonds is 4. The molecule has 5 rings (SSSR count). The molecule has 0 atom stereocenters. The zero-order valence-electron chi connectivity index (χ0n) is 16.7. The normalized spacial score (nSPS) is 12.6. The number of carbonyl (C=O) groups excluding carboxylic acids is 1. The Morgan fingerprint density at radius 1 is 1.03 bits per heavy atom. The van der Waals surface area contributed by atoms with E-state index in [0.717, 1.165) is 28.8 Å². The number of aromatic nitrogens is 4. The van der Waals surface area contributed by atoms with Gasteiger partial charge in [-0.15, -0.1) is 5.10 Å². The predicted molar refractivity (Wildman–Crippen MR) is 113 cm³/mol. The van der Waals surface area contributed by atoms with Crippen LogP contribution in [0.1, 0.15) is 15.9 Å². The number of amides is 1. The van der Waals surface area contributed by atoms with E-state index in [0.29, 0.717) is 23.5 Å². The van der Waals surface area contributed by atoms with Gasteiger partial charge in [-0.2, -0.15) is 4.68 Å². The monoisotopic (exact) mass is 415 g/mol. The number of hydrogen-bond acceptors (Lipinski definition) is 5. The van der Waals surface area contributed by atoms with E-state index in [1.165, 1.54) is 23.1 Å². The van der Waals surface area contributed by atoms with Gasteiger partial charge in [0.15, 0.2) is 0 Å². The van der Waals surface area contributed by atoms with Gasteiger partial charge in [0.1, 0.15) is 23.6 Å². The fraction of sp³-hybridized carbons (Fsp3) is 0.130. The van der Waals surface area contributed by atoms with E-state index in [4.69, 9.17) is 4.74 Å². The number of benzene rings is 3. The average Bonchev–Trinajstić information content (AvgIpc) is 3.48. The Morgan fingerprint density at radius 2 is 1.90 bits per heavy atom. The Kier molecular flexibility index (Phi) is 4.66. The highest BCUT2D eigenvalue weighted by Crippen LogP contribution is 2.34. The lowest BCUT2D eigenvalue weighted by Crippen LogP contribution is -2.29. The quantitative estimate of drug-likeness (QED) is 0.508. The van der Waals surface area contributed by atoms with Crippen LogP contribution < -0.4 is 9.64 Å². The molecule has 1 aromatic heterocycles. The van der Waals surface area contributed by atoms with Gasteiger partial charge < -0.3 is 9.64 Å². The number of nitrogens with zero attached hydrogens (tertiary/aromatic N) is 5. The Balaban J connectivity index is 1.47. The van der Waals surface area contributed by atoms with Crippen molar-refractivity contribution in [2.24, 2.45) is 0 Å². The van der Waals surface area contributed by atoms with Crippen molar-refractivity contribution in [3.05, 3.63) is 83.9 Å². The Bertz CT molecular complexity index is 1270. The molecule has 3 aromatic carbocycles. The molecular formula is C23H18FN5O2. The van der Waals surface area contributed by atoms with Crippen molar-refractivity contribution >= 4 is 11.6 Å². The van der Waals surface area contributed by atoms with Crippen LogP contribution in [-0.4, -0.2) is 39.8 Å². The molecule has 0 spiro atoms. The Morgan fingerprint density at radius 3 is 2.68 bits per heavy atom. The van der Waals surface area contributed by atoms with Gasteiger partial charge in [0, 0.05) is 17.8 Å². The summed E-state index contributed by atoms with van der Waals surface area (Å²) >= 11 is 0. The minimum atomic E-state index is -0.271. The number of hydrogen-bond donors (Lipinski definition) is 0. The second-order valence-electron chi connectivity index (χ2n) is 7.20. The van der Waals surface area contributed by atoms with Gasteiger partial charge >= 0.3 is 0 Å². The minimum absolute atomic E-state index is 0.116.